The van der Waals surface area contributed by atoms with Crippen LogP contribution >= 0.6 is 0 Å². The summed E-state index contributed by atoms with van der Waals surface area (Å²) in [6.07, 6.45) is 12.0. The summed E-state index contributed by atoms with van der Waals surface area (Å²) in [5.41, 5.74) is 1.56. The molecule has 18 nitrogen and oxygen atoms in total. The lowest BCUT2D eigenvalue weighted by Crippen LogP contribution is -2.69. The third-order valence-electron chi connectivity index (χ3n) is 16.0. The molecule has 6 amide bonds. The van der Waals surface area contributed by atoms with Crippen LogP contribution in [0.5, 0.6) is 0 Å². The Morgan fingerprint density at radius 1 is 0.573 bits per heavy atom. The Balaban J connectivity index is 1.16. The molecule has 4 fully saturated rings. The summed E-state index contributed by atoms with van der Waals surface area (Å²) in [6, 6.07) is 14.6. The van der Waals surface area contributed by atoms with Crippen LogP contribution in [0.3, 0.4) is 0 Å². The first-order valence-electron chi connectivity index (χ1n) is 29.3. The van der Waals surface area contributed by atoms with Crippen LogP contribution in [0.1, 0.15) is 180 Å². The molecular weight excluding hydrogens is 1040 g/mol. The van der Waals surface area contributed by atoms with E-state index in [0.29, 0.717) is 28.9 Å². The molecule has 2 aliphatic heterocycles. The first-order chi connectivity index (χ1) is 38.6. The van der Waals surface area contributed by atoms with Gasteiger partial charge in [0.05, 0.1) is 13.1 Å². The van der Waals surface area contributed by atoms with Crippen LogP contribution in [0.4, 0.5) is 21.0 Å². The molecule has 0 radical (unpaired) electrons. The summed E-state index contributed by atoms with van der Waals surface area (Å²) in [7, 11) is 0. The van der Waals surface area contributed by atoms with Crippen LogP contribution in [-0.2, 0) is 45.9 Å². The lowest BCUT2D eigenvalue weighted by molar-refractivity contribution is -0.141. The molecule has 6 atom stereocenters. The highest BCUT2D eigenvalue weighted by atomic mass is 16.6. The van der Waals surface area contributed by atoms with Crippen LogP contribution in [-0.4, -0.2) is 126 Å². The number of pyridine rings is 2. The number of amides is 6. The minimum atomic E-state index is -1.35. The van der Waals surface area contributed by atoms with Crippen LogP contribution in [0.2, 0.25) is 0 Å². The summed E-state index contributed by atoms with van der Waals surface area (Å²) in [4.78, 5) is 102. The lowest BCUT2D eigenvalue weighted by atomic mass is 9.79. The molecule has 4 N–H and O–H groups in total. The molecule has 2 aliphatic carbocycles. The first-order valence-corrected chi connectivity index (χ1v) is 29.3. The van der Waals surface area contributed by atoms with E-state index in [2.05, 4.69) is 50.2 Å². The fourth-order valence-corrected chi connectivity index (χ4v) is 11.7. The zero-order valence-electron chi connectivity index (χ0n) is 49.8. The molecule has 4 aromatic rings. The average Bonchev–Trinajstić information content (AvgIpc) is 3.53. The molecule has 8 rings (SSSR count). The van der Waals surface area contributed by atoms with Gasteiger partial charge < -0.3 is 30.3 Å². The quantitative estimate of drug-likeness (QED) is 0.0874. The number of anilines is 2. The van der Waals surface area contributed by atoms with E-state index in [1.54, 1.807) is 103 Å². The maximum atomic E-state index is 15.4. The number of carbonyl (C=O) groups is 6. The number of β-amino-alcohol motifs (C(OH)–C–C–N with tert-alkyl or cyclic N) is 2. The maximum Gasteiger partial charge on any atom is 0.411 e. The van der Waals surface area contributed by atoms with Gasteiger partial charge in [0.15, 0.2) is 0 Å². The van der Waals surface area contributed by atoms with Gasteiger partial charge in [0.2, 0.25) is 11.8 Å². The van der Waals surface area contributed by atoms with Gasteiger partial charge in [0, 0.05) is 59.4 Å². The molecule has 82 heavy (non-hydrogen) atoms. The molecule has 4 aliphatic rings. The highest BCUT2D eigenvalue weighted by molar-refractivity contribution is 6.07. The van der Waals surface area contributed by atoms with Gasteiger partial charge in [-0.1, -0.05) is 110 Å². The lowest BCUT2D eigenvalue weighted by Gasteiger charge is -2.46. The third-order valence-corrected chi connectivity index (χ3v) is 16.0. The van der Waals surface area contributed by atoms with Crippen molar-refractivity contribution in [1.29, 1.82) is 0 Å². The summed E-state index contributed by atoms with van der Waals surface area (Å²) >= 11 is 0. The minimum Gasteiger partial charge on any atom is -0.444 e. The molecule has 5 unspecified atom stereocenters. The Morgan fingerprint density at radius 2 is 1.00 bits per heavy atom. The predicted molar refractivity (Wildman–Crippen MR) is 313 cm³/mol. The molecule has 2 saturated carbocycles. The van der Waals surface area contributed by atoms with E-state index in [0.717, 1.165) is 80.9 Å². The molecular formula is C64H86N8O10. The maximum absolute atomic E-state index is 15.4. The van der Waals surface area contributed by atoms with Gasteiger partial charge >= 0.3 is 12.2 Å². The molecule has 0 bridgehead atoms. The van der Waals surface area contributed by atoms with Gasteiger partial charge in [-0.25, -0.2) is 9.59 Å². The first kappa shape index (κ1) is 61.2. The normalized spacial score (nSPS) is 20.7. The van der Waals surface area contributed by atoms with Crippen LogP contribution in [0, 0.1) is 0 Å². The fourth-order valence-electron chi connectivity index (χ4n) is 11.7. The Morgan fingerprint density at radius 3 is 1.40 bits per heavy atom. The Labute approximate surface area is 483 Å². The van der Waals surface area contributed by atoms with E-state index in [1.807, 2.05) is 30.3 Å². The third kappa shape index (κ3) is 14.5. The van der Waals surface area contributed by atoms with E-state index in [-0.39, 0.29) is 30.6 Å². The number of hydrogen-bond acceptors (Lipinski definition) is 12. The largest absolute Gasteiger partial charge is 0.444 e. The van der Waals surface area contributed by atoms with Crippen LogP contribution in [0.15, 0.2) is 91.5 Å². The number of ether oxygens (including phenoxy) is 2. The number of aliphatic hydroxyl groups is 2. The zero-order valence-corrected chi connectivity index (χ0v) is 49.8. The zero-order chi connectivity index (χ0) is 59.5. The summed E-state index contributed by atoms with van der Waals surface area (Å²) < 4.78 is 11.4. The molecule has 2 aromatic heterocycles. The van der Waals surface area contributed by atoms with Crippen molar-refractivity contribution < 1.29 is 48.5 Å². The molecule has 0 spiro atoms. The van der Waals surface area contributed by atoms with E-state index < -0.39 is 88.8 Å². The van der Waals surface area contributed by atoms with Crippen molar-refractivity contribution in [1.82, 2.24) is 30.4 Å². The second-order valence-electron chi connectivity index (χ2n) is 26.5. The Bertz CT molecular complexity index is 2900. The Hall–Kier alpha value is -6.92. The smallest absolute Gasteiger partial charge is 0.411 e. The molecule has 4 heterocycles. The van der Waals surface area contributed by atoms with Gasteiger partial charge in [0.25, 0.3) is 11.8 Å². The number of likely N-dealkylation sites (tertiary alicyclic amines) is 2. The number of hydrogen-bond donors (Lipinski definition) is 4. The van der Waals surface area contributed by atoms with E-state index in [1.165, 1.54) is 19.6 Å². The highest BCUT2D eigenvalue weighted by Gasteiger charge is 2.53. The SMILES string of the molecule is CC(C)(C)OC(=O)N1CC(O)C1C(=O)N(c1ccc(C(C)(C)C)cc1)C(C(=O)NC1CCCCC1)c1cncc(CC(C)(C)c2ccc(N(C(=O)[C@H]3C(O)CN3C(=O)OC(C)(C)C)C(C(=O)NC3CCCCC3)c3cccnc3)cc2)c1. The van der Waals surface area contributed by atoms with Crippen LogP contribution < -0.4 is 20.4 Å². The predicted octanol–water partition coefficient (Wildman–Crippen LogP) is 9.30. The molecule has 18 heteroatoms. The summed E-state index contributed by atoms with van der Waals surface area (Å²) in [5.74, 6) is -2.17. The molecule has 442 valence electrons. The summed E-state index contributed by atoms with van der Waals surface area (Å²) in [6.45, 7) is 20.5. The number of nitrogens with zero attached hydrogens (tertiary/aromatic N) is 6. The molecule has 2 aromatic carbocycles. The van der Waals surface area contributed by atoms with Gasteiger partial charge in [-0.2, -0.15) is 0 Å². The van der Waals surface area contributed by atoms with Gasteiger partial charge in [-0.3, -0.25) is 48.7 Å². The number of benzene rings is 2. The second kappa shape index (κ2) is 24.9. The van der Waals surface area contributed by atoms with Crippen molar-refractivity contribution >= 4 is 47.2 Å². The number of carbonyl (C=O) groups excluding carboxylic acids is 6. The fraction of sp³-hybridized carbons (Fsp3) is 0.562. The average molecular weight is 1130 g/mol. The monoisotopic (exact) mass is 1130 g/mol. The Kier molecular flexibility index (Phi) is 18.6. The van der Waals surface area contributed by atoms with Crippen LogP contribution in [0.25, 0.3) is 0 Å². The highest BCUT2D eigenvalue weighted by Crippen LogP contribution is 2.39. The second-order valence-corrected chi connectivity index (χ2v) is 26.5. The van der Waals surface area contributed by atoms with Gasteiger partial charge in [0.1, 0.15) is 47.6 Å². The minimum absolute atomic E-state index is 0.101. The number of nitrogens with one attached hydrogen (secondary N) is 2. The number of aromatic nitrogens is 2. The van der Waals surface area contributed by atoms with Crippen molar-refractivity contribution in [3.05, 3.63) is 119 Å². The van der Waals surface area contributed by atoms with E-state index in [9.17, 15) is 24.6 Å². The summed E-state index contributed by atoms with van der Waals surface area (Å²) in [5, 5.41) is 29.1. The van der Waals surface area contributed by atoms with Crippen molar-refractivity contribution in [2.24, 2.45) is 0 Å². The standard InChI is InChI=1S/C64H86N8O10/c1-61(2,3)43-24-28-47(29-25-43)72(58(78)54-50(74)39-70(54)60(80)82-63(7,8)9)52(56(76)68-46-22-16-13-17-23-46)42-33-40(35-66-37-42)34-64(10,11)44-26-30-48(31-27-44)71(57(77)53-49(73)38-69(53)59(79)81-62(4,5)6)51(41-19-18-32-65-36-41)55(75)67-45-20-14-12-15-21-45/h18-19,24-33,35-37,45-46,49-54,73-74H,12-17,20-23,34,38-39H2,1-11H3,(H,67,75)(H,68,76)/t49?,50?,51?,52?,53-,54?/m1/s1. The van der Waals surface area contributed by atoms with Crippen molar-refractivity contribution in [2.75, 3.05) is 22.9 Å². The van der Waals surface area contributed by atoms with E-state index in [4.69, 9.17) is 14.5 Å². The van der Waals surface area contributed by atoms with Crippen molar-refractivity contribution in [3.63, 3.8) is 0 Å². The van der Waals surface area contributed by atoms with Gasteiger partial charge in [-0.05, 0) is 131 Å². The molecule has 2 saturated heterocycles. The van der Waals surface area contributed by atoms with Crippen molar-refractivity contribution in [3.8, 4) is 0 Å². The number of rotatable bonds is 15. The van der Waals surface area contributed by atoms with Crippen molar-refractivity contribution in [2.45, 2.75) is 217 Å². The topological polar surface area (TPSA) is 224 Å². The van der Waals surface area contributed by atoms with E-state index >= 15 is 14.4 Å². The van der Waals surface area contributed by atoms with Gasteiger partial charge in [-0.15, -0.1) is 0 Å². The number of aliphatic hydroxyl groups excluding tert-OH is 2.